The third-order valence-corrected chi connectivity index (χ3v) is 4.15. The van der Waals surface area contributed by atoms with Crippen LogP contribution in [0.4, 0.5) is 5.69 Å². The van der Waals surface area contributed by atoms with Gasteiger partial charge < -0.3 is 16.0 Å². The summed E-state index contributed by atoms with van der Waals surface area (Å²) in [5.41, 5.74) is 1.22. The van der Waals surface area contributed by atoms with Crippen molar-refractivity contribution in [3.63, 3.8) is 0 Å². The molecule has 1 aliphatic carbocycles. The lowest BCUT2D eigenvalue weighted by Gasteiger charge is -2.21. The molecule has 1 saturated carbocycles. The summed E-state index contributed by atoms with van der Waals surface area (Å²) in [7, 11) is 1.59. The molecule has 0 heterocycles. The molecule has 5 nitrogen and oxygen atoms in total. The molecule has 2 rings (SSSR count). The van der Waals surface area contributed by atoms with Crippen LogP contribution in [-0.2, 0) is 4.79 Å². The van der Waals surface area contributed by atoms with E-state index < -0.39 is 0 Å². The van der Waals surface area contributed by atoms with Crippen molar-refractivity contribution in [1.29, 1.82) is 0 Å². The van der Waals surface area contributed by atoms with Crippen LogP contribution in [0.15, 0.2) is 24.3 Å². The minimum atomic E-state index is -0.161. The second kappa shape index (κ2) is 8.41. The Labute approximate surface area is 131 Å². The van der Waals surface area contributed by atoms with Crippen LogP contribution in [-0.4, -0.2) is 32.0 Å². The van der Waals surface area contributed by atoms with Gasteiger partial charge in [-0.1, -0.05) is 31.4 Å². The van der Waals surface area contributed by atoms with E-state index in [9.17, 15) is 9.59 Å². The Morgan fingerprint density at radius 2 is 1.86 bits per heavy atom. The van der Waals surface area contributed by atoms with Gasteiger partial charge in [-0.05, 0) is 30.9 Å². The number of rotatable bonds is 6. The van der Waals surface area contributed by atoms with Crippen molar-refractivity contribution in [1.82, 2.24) is 10.6 Å². The summed E-state index contributed by atoms with van der Waals surface area (Å²) in [5.74, 6) is 0.429. The van der Waals surface area contributed by atoms with Crippen LogP contribution >= 0.6 is 0 Å². The summed E-state index contributed by atoms with van der Waals surface area (Å²) in [4.78, 5) is 23.7. The van der Waals surface area contributed by atoms with Gasteiger partial charge in [0.15, 0.2) is 0 Å². The predicted octanol–water partition coefficient (Wildman–Crippen LogP) is 2.15. The third kappa shape index (κ3) is 4.76. The van der Waals surface area contributed by atoms with E-state index in [1.807, 2.05) is 6.07 Å². The molecule has 3 N–H and O–H groups in total. The minimum absolute atomic E-state index is 0.0303. The van der Waals surface area contributed by atoms with Gasteiger partial charge in [0.05, 0.1) is 12.1 Å². The first-order valence-corrected chi connectivity index (χ1v) is 8.02. The quantitative estimate of drug-likeness (QED) is 0.754. The van der Waals surface area contributed by atoms with Gasteiger partial charge in [0.1, 0.15) is 0 Å². The molecule has 5 heteroatoms. The average molecular weight is 303 g/mol. The van der Waals surface area contributed by atoms with Crippen LogP contribution in [0, 0.1) is 5.92 Å². The molecule has 1 aromatic rings. The van der Waals surface area contributed by atoms with Gasteiger partial charge in [-0.2, -0.15) is 0 Å². The fourth-order valence-electron chi connectivity index (χ4n) is 2.86. The lowest BCUT2D eigenvalue weighted by Crippen LogP contribution is -2.34. The summed E-state index contributed by atoms with van der Waals surface area (Å²) in [6.45, 7) is 0.943. The second-order valence-corrected chi connectivity index (χ2v) is 5.79. The Bertz CT molecular complexity index is 510. The zero-order valence-corrected chi connectivity index (χ0v) is 13.2. The fraction of sp³-hybridized carbons (Fsp3) is 0.529. The molecule has 0 radical (unpaired) electrons. The highest BCUT2D eigenvalue weighted by atomic mass is 16.2. The summed E-state index contributed by atoms with van der Waals surface area (Å²) < 4.78 is 0. The maximum Gasteiger partial charge on any atom is 0.253 e. The molecule has 0 spiro atoms. The number of hydrogen-bond donors (Lipinski definition) is 3. The van der Waals surface area contributed by atoms with Crippen LogP contribution in [0.2, 0.25) is 0 Å². The summed E-state index contributed by atoms with van der Waals surface area (Å²) in [6, 6.07) is 7.19. The van der Waals surface area contributed by atoms with Gasteiger partial charge in [0.25, 0.3) is 5.91 Å². The molecule has 0 aromatic heterocycles. The molecule has 0 unspecified atom stereocenters. The van der Waals surface area contributed by atoms with Crippen molar-refractivity contribution in [2.45, 2.75) is 32.1 Å². The van der Waals surface area contributed by atoms with E-state index in [0.717, 1.165) is 6.54 Å². The highest BCUT2D eigenvalue weighted by Gasteiger charge is 2.14. The van der Waals surface area contributed by atoms with Gasteiger partial charge in [0.2, 0.25) is 5.91 Å². The number of carbonyl (C=O) groups is 2. The molecule has 1 aromatic carbocycles. The number of para-hydroxylation sites is 1. The Hall–Kier alpha value is -2.04. The van der Waals surface area contributed by atoms with Crippen molar-refractivity contribution < 1.29 is 9.59 Å². The zero-order chi connectivity index (χ0) is 15.8. The van der Waals surface area contributed by atoms with Crippen LogP contribution in [0.3, 0.4) is 0 Å². The molecule has 2 amide bonds. The van der Waals surface area contributed by atoms with Crippen molar-refractivity contribution in [2.24, 2.45) is 5.92 Å². The van der Waals surface area contributed by atoms with Crippen LogP contribution in [0.5, 0.6) is 0 Å². The molecule has 0 bridgehead atoms. The Balaban J connectivity index is 1.79. The van der Waals surface area contributed by atoms with Crippen LogP contribution < -0.4 is 16.0 Å². The number of carbonyl (C=O) groups excluding carboxylic acids is 2. The summed E-state index contributed by atoms with van der Waals surface area (Å²) in [5, 5.41) is 8.62. The highest BCUT2D eigenvalue weighted by molar-refractivity contribution is 5.99. The van der Waals surface area contributed by atoms with Crippen molar-refractivity contribution in [3.05, 3.63) is 29.8 Å². The third-order valence-electron chi connectivity index (χ3n) is 4.15. The number of anilines is 1. The molecule has 1 aliphatic rings. The van der Waals surface area contributed by atoms with E-state index >= 15 is 0 Å². The van der Waals surface area contributed by atoms with Gasteiger partial charge >= 0.3 is 0 Å². The van der Waals surface area contributed by atoms with Crippen molar-refractivity contribution in [3.8, 4) is 0 Å². The van der Waals surface area contributed by atoms with Crippen molar-refractivity contribution >= 4 is 17.5 Å². The molecule has 120 valence electrons. The van der Waals surface area contributed by atoms with Gasteiger partial charge in [-0.3, -0.25) is 9.59 Å². The monoisotopic (exact) mass is 303 g/mol. The standard InChI is InChI=1S/C17H25N3O2/c1-18-17(22)14-9-5-6-10-15(14)19-12-16(21)20-11-13-7-3-2-4-8-13/h5-6,9-10,13,19H,2-4,7-8,11-12H2,1H3,(H,18,22)(H,20,21). The lowest BCUT2D eigenvalue weighted by molar-refractivity contribution is -0.119. The van der Waals surface area contributed by atoms with Gasteiger partial charge in [0, 0.05) is 19.3 Å². The first-order valence-electron chi connectivity index (χ1n) is 8.02. The largest absolute Gasteiger partial charge is 0.376 e. The molecule has 22 heavy (non-hydrogen) atoms. The molecule has 0 atom stereocenters. The molecular formula is C17H25N3O2. The smallest absolute Gasteiger partial charge is 0.253 e. The Kier molecular flexibility index (Phi) is 6.25. The predicted molar refractivity (Wildman–Crippen MR) is 87.9 cm³/mol. The summed E-state index contributed by atoms with van der Waals surface area (Å²) in [6.07, 6.45) is 6.30. The van der Waals surface area contributed by atoms with Crippen molar-refractivity contribution in [2.75, 3.05) is 25.5 Å². The first-order chi connectivity index (χ1) is 10.7. The van der Waals surface area contributed by atoms with E-state index in [0.29, 0.717) is 17.2 Å². The number of nitrogens with one attached hydrogen (secondary N) is 3. The van der Waals surface area contributed by atoms with E-state index in [2.05, 4.69) is 16.0 Å². The second-order valence-electron chi connectivity index (χ2n) is 5.79. The molecule has 1 fully saturated rings. The van der Waals surface area contributed by atoms with E-state index in [1.165, 1.54) is 32.1 Å². The average Bonchev–Trinajstić information content (AvgIpc) is 2.58. The van der Waals surface area contributed by atoms with E-state index in [-0.39, 0.29) is 18.4 Å². The zero-order valence-electron chi connectivity index (χ0n) is 13.2. The lowest BCUT2D eigenvalue weighted by atomic mass is 9.89. The minimum Gasteiger partial charge on any atom is -0.376 e. The molecular weight excluding hydrogens is 278 g/mol. The number of benzene rings is 1. The van der Waals surface area contributed by atoms with Crippen LogP contribution in [0.1, 0.15) is 42.5 Å². The van der Waals surface area contributed by atoms with E-state index in [1.54, 1.807) is 25.2 Å². The van der Waals surface area contributed by atoms with Crippen LogP contribution in [0.25, 0.3) is 0 Å². The molecule has 0 saturated heterocycles. The number of amides is 2. The maximum absolute atomic E-state index is 11.9. The Morgan fingerprint density at radius 3 is 2.59 bits per heavy atom. The van der Waals surface area contributed by atoms with Gasteiger partial charge in [-0.15, -0.1) is 0 Å². The Morgan fingerprint density at radius 1 is 1.14 bits per heavy atom. The first kappa shape index (κ1) is 16.3. The fourth-order valence-corrected chi connectivity index (χ4v) is 2.86. The summed E-state index contributed by atoms with van der Waals surface area (Å²) >= 11 is 0. The number of hydrogen-bond acceptors (Lipinski definition) is 3. The topological polar surface area (TPSA) is 70.2 Å². The normalized spacial score (nSPS) is 15.1. The SMILES string of the molecule is CNC(=O)c1ccccc1NCC(=O)NCC1CCCCC1. The van der Waals surface area contributed by atoms with E-state index in [4.69, 9.17) is 0 Å². The van der Waals surface area contributed by atoms with Gasteiger partial charge in [-0.25, -0.2) is 0 Å². The maximum atomic E-state index is 11.9. The molecule has 0 aliphatic heterocycles. The highest BCUT2D eigenvalue weighted by Crippen LogP contribution is 2.22.